The minimum Gasteiger partial charge on any atom is -0.475 e. The fourth-order valence-corrected chi connectivity index (χ4v) is 1.71. The highest BCUT2D eigenvalue weighted by Crippen LogP contribution is 2.39. The standard InChI is InChI=1S/C9H11NO3/c1-5-7(6-3-2-4-6)8(9(11)12)13-10-5/h6H,2-4H2,1H3,(H,11,12). The number of hydrogen-bond donors (Lipinski definition) is 1. The second kappa shape index (κ2) is 2.87. The van der Waals surface area contributed by atoms with Crippen molar-refractivity contribution in [2.45, 2.75) is 32.1 Å². The lowest BCUT2D eigenvalue weighted by molar-refractivity contribution is 0.0648. The van der Waals surface area contributed by atoms with Crippen LogP contribution in [0.1, 0.15) is 47.0 Å². The van der Waals surface area contributed by atoms with Crippen LogP contribution in [0.2, 0.25) is 0 Å². The summed E-state index contributed by atoms with van der Waals surface area (Å²) >= 11 is 0. The van der Waals surface area contributed by atoms with Crippen LogP contribution >= 0.6 is 0 Å². The van der Waals surface area contributed by atoms with E-state index in [1.165, 1.54) is 6.42 Å². The Hall–Kier alpha value is -1.32. The number of aryl methyl sites for hydroxylation is 1. The molecule has 1 aromatic heterocycles. The molecule has 4 nitrogen and oxygen atoms in total. The lowest BCUT2D eigenvalue weighted by Gasteiger charge is -2.24. The number of rotatable bonds is 2. The Morgan fingerprint density at radius 3 is 2.77 bits per heavy atom. The van der Waals surface area contributed by atoms with Crippen LogP contribution in [0.15, 0.2) is 4.52 Å². The molecule has 0 saturated heterocycles. The fourth-order valence-electron chi connectivity index (χ4n) is 1.71. The van der Waals surface area contributed by atoms with Crippen molar-refractivity contribution < 1.29 is 14.4 Å². The maximum Gasteiger partial charge on any atom is 0.375 e. The van der Waals surface area contributed by atoms with Crippen molar-refractivity contribution in [2.24, 2.45) is 0 Å². The van der Waals surface area contributed by atoms with Gasteiger partial charge in [0.25, 0.3) is 0 Å². The fraction of sp³-hybridized carbons (Fsp3) is 0.556. The predicted molar refractivity (Wildman–Crippen MR) is 44.8 cm³/mol. The van der Waals surface area contributed by atoms with E-state index < -0.39 is 5.97 Å². The zero-order chi connectivity index (χ0) is 9.42. The highest BCUT2D eigenvalue weighted by molar-refractivity contribution is 5.86. The monoisotopic (exact) mass is 181 g/mol. The first-order valence-corrected chi connectivity index (χ1v) is 4.39. The van der Waals surface area contributed by atoms with Crippen LogP contribution in [0.5, 0.6) is 0 Å². The number of carboxylic acid groups (broad SMARTS) is 1. The van der Waals surface area contributed by atoms with Crippen molar-refractivity contribution in [1.29, 1.82) is 0 Å². The zero-order valence-electron chi connectivity index (χ0n) is 7.41. The van der Waals surface area contributed by atoms with E-state index in [0.717, 1.165) is 24.1 Å². The van der Waals surface area contributed by atoms with Crippen LogP contribution in [0, 0.1) is 6.92 Å². The number of carboxylic acids is 1. The highest BCUT2D eigenvalue weighted by atomic mass is 16.5. The van der Waals surface area contributed by atoms with Gasteiger partial charge in [-0.25, -0.2) is 4.79 Å². The van der Waals surface area contributed by atoms with Crippen LogP contribution in [0.25, 0.3) is 0 Å². The third-order valence-corrected chi connectivity index (χ3v) is 2.62. The van der Waals surface area contributed by atoms with E-state index in [4.69, 9.17) is 9.63 Å². The minimum absolute atomic E-state index is 0.0298. The molecule has 1 aliphatic rings. The number of carbonyl (C=O) groups is 1. The molecule has 70 valence electrons. The first-order chi connectivity index (χ1) is 6.20. The summed E-state index contributed by atoms with van der Waals surface area (Å²) in [6.45, 7) is 1.80. The molecule has 0 amide bonds. The molecule has 1 fully saturated rings. The first-order valence-electron chi connectivity index (χ1n) is 4.39. The molecule has 4 heteroatoms. The van der Waals surface area contributed by atoms with Gasteiger partial charge in [0.1, 0.15) is 0 Å². The molecule has 0 aliphatic heterocycles. The summed E-state index contributed by atoms with van der Waals surface area (Å²) in [4.78, 5) is 10.7. The molecule has 1 aromatic rings. The molecule has 0 radical (unpaired) electrons. The Morgan fingerprint density at radius 2 is 2.31 bits per heavy atom. The smallest absolute Gasteiger partial charge is 0.375 e. The molecule has 1 heterocycles. The van der Waals surface area contributed by atoms with Crippen LogP contribution in [-0.2, 0) is 0 Å². The van der Waals surface area contributed by atoms with Crippen LogP contribution in [0.4, 0.5) is 0 Å². The van der Waals surface area contributed by atoms with E-state index in [-0.39, 0.29) is 5.76 Å². The van der Waals surface area contributed by atoms with Crippen LogP contribution < -0.4 is 0 Å². The Balaban J connectivity index is 2.39. The third kappa shape index (κ3) is 1.22. The molecule has 1 N–H and O–H groups in total. The van der Waals surface area contributed by atoms with Gasteiger partial charge in [-0.3, -0.25) is 0 Å². The molecule has 13 heavy (non-hydrogen) atoms. The van der Waals surface area contributed by atoms with E-state index in [9.17, 15) is 4.79 Å². The number of aromatic nitrogens is 1. The van der Waals surface area contributed by atoms with Crippen molar-refractivity contribution in [3.63, 3.8) is 0 Å². The van der Waals surface area contributed by atoms with Gasteiger partial charge in [-0.15, -0.1) is 0 Å². The van der Waals surface area contributed by atoms with Crippen molar-refractivity contribution in [1.82, 2.24) is 5.16 Å². The maximum absolute atomic E-state index is 10.7. The molecular weight excluding hydrogens is 170 g/mol. The summed E-state index contributed by atoms with van der Waals surface area (Å²) in [5, 5.41) is 12.5. The van der Waals surface area contributed by atoms with E-state index in [1.807, 2.05) is 0 Å². The van der Waals surface area contributed by atoms with Crippen molar-refractivity contribution in [3.05, 3.63) is 17.0 Å². The maximum atomic E-state index is 10.7. The van der Waals surface area contributed by atoms with Gasteiger partial charge in [0.2, 0.25) is 5.76 Å². The average molecular weight is 181 g/mol. The van der Waals surface area contributed by atoms with Crippen LogP contribution in [-0.4, -0.2) is 16.2 Å². The molecule has 0 spiro atoms. The quantitative estimate of drug-likeness (QED) is 0.757. The van der Waals surface area contributed by atoms with Crippen molar-refractivity contribution >= 4 is 5.97 Å². The number of hydrogen-bond acceptors (Lipinski definition) is 3. The second-order valence-corrected chi connectivity index (χ2v) is 3.44. The van der Waals surface area contributed by atoms with Gasteiger partial charge in [0.05, 0.1) is 5.69 Å². The van der Waals surface area contributed by atoms with E-state index in [0.29, 0.717) is 5.92 Å². The van der Waals surface area contributed by atoms with Crippen LogP contribution in [0.3, 0.4) is 0 Å². The van der Waals surface area contributed by atoms with Gasteiger partial charge in [0.15, 0.2) is 0 Å². The van der Waals surface area contributed by atoms with Crippen molar-refractivity contribution in [3.8, 4) is 0 Å². The summed E-state index contributed by atoms with van der Waals surface area (Å²) in [6, 6.07) is 0. The molecule has 0 bridgehead atoms. The molecule has 1 aliphatic carbocycles. The summed E-state index contributed by atoms with van der Waals surface area (Å²) in [5.74, 6) is -0.623. The number of aromatic carboxylic acids is 1. The van der Waals surface area contributed by atoms with Gasteiger partial charge in [-0.05, 0) is 25.7 Å². The Morgan fingerprint density at radius 1 is 1.62 bits per heavy atom. The van der Waals surface area contributed by atoms with Crippen molar-refractivity contribution in [2.75, 3.05) is 0 Å². The van der Waals surface area contributed by atoms with Gasteiger partial charge >= 0.3 is 5.97 Å². The summed E-state index contributed by atoms with van der Waals surface area (Å²) in [6.07, 6.45) is 3.29. The Kier molecular flexibility index (Phi) is 1.83. The molecular formula is C9H11NO3. The predicted octanol–water partition coefficient (Wildman–Crippen LogP) is 1.95. The highest BCUT2D eigenvalue weighted by Gasteiger charge is 2.30. The molecule has 0 aromatic carbocycles. The lowest BCUT2D eigenvalue weighted by atomic mass is 9.79. The van der Waals surface area contributed by atoms with Gasteiger partial charge in [-0.1, -0.05) is 11.6 Å². The first kappa shape index (κ1) is 8.29. The molecule has 0 atom stereocenters. The lowest BCUT2D eigenvalue weighted by Crippen LogP contribution is -2.13. The van der Waals surface area contributed by atoms with E-state index in [2.05, 4.69) is 5.16 Å². The summed E-state index contributed by atoms with van der Waals surface area (Å²) in [7, 11) is 0. The third-order valence-electron chi connectivity index (χ3n) is 2.62. The average Bonchev–Trinajstić information content (AvgIpc) is 2.30. The second-order valence-electron chi connectivity index (χ2n) is 3.44. The van der Waals surface area contributed by atoms with Gasteiger partial charge in [0, 0.05) is 5.56 Å². The Bertz CT molecular complexity index is 339. The minimum atomic E-state index is -1.01. The summed E-state index contributed by atoms with van der Waals surface area (Å²) < 4.78 is 4.76. The molecule has 0 unspecified atom stereocenters. The van der Waals surface area contributed by atoms with E-state index >= 15 is 0 Å². The normalized spacial score (nSPS) is 17.0. The SMILES string of the molecule is Cc1noc(C(=O)O)c1C1CCC1. The largest absolute Gasteiger partial charge is 0.475 e. The summed E-state index contributed by atoms with van der Waals surface area (Å²) in [5.41, 5.74) is 1.53. The topological polar surface area (TPSA) is 63.3 Å². The number of nitrogens with zero attached hydrogens (tertiary/aromatic N) is 1. The van der Waals surface area contributed by atoms with Gasteiger partial charge in [-0.2, -0.15) is 0 Å². The van der Waals surface area contributed by atoms with Gasteiger partial charge < -0.3 is 9.63 Å². The zero-order valence-corrected chi connectivity index (χ0v) is 7.41. The Labute approximate surface area is 75.5 Å². The van der Waals surface area contributed by atoms with E-state index in [1.54, 1.807) is 6.92 Å². The molecule has 2 rings (SSSR count). The molecule has 1 saturated carbocycles.